The van der Waals surface area contributed by atoms with E-state index in [0.29, 0.717) is 12.1 Å². The molecule has 0 radical (unpaired) electrons. The number of carbonyl (C=O) groups excluding carboxylic acids is 3. The first-order valence-electron chi connectivity index (χ1n) is 11.2. The highest BCUT2D eigenvalue weighted by atomic mass is 35.5. The van der Waals surface area contributed by atoms with Crippen LogP contribution in [0.2, 0.25) is 5.02 Å². The van der Waals surface area contributed by atoms with E-state index in [1.807, 2.05) is 5.32 Å². The molecule has 0 fully saturated rings. The van der Waals surface area contributed by atoms with Crippen molar-refractivity contribution in [1.82, 2.24) is 10.6 Å². The SMILES string of the molecule is O=C(CNC(=O)c1ccc(C(=O)C(F)=C(c2cc(Cl)cc(C(F)(F)F)c2)C(F)F)c2ccccc12)NC(F)C(F)F. The van der Waals surface area contributed by atoms with E-state index < -0.39 is 82.6 Å². The van der Waals surface area contributed by atoms with Crippen LogP contribution < -0.4 is 10.6 Å². The van der Waals surface area contributed by atoms with Gasteiger partial charge in [-0.3, -0.25) is 14.4 Å². The molecule has 0 saturated heterocycles. The molecule has 3 aromatic carbocycles. The highest BCUT2D eigenvalue weighted by Crippen LogP contribution is 2.37. The van der Waals surface area contributed by atoms with E-state index in [4.69, 9.17) is 11.6 Å². The van der Waals surface area contributed by atoms with Crippen molar-refractivity contribution >= 4 is 45.5 Å². The zero-order valence-electron chi connectivity index (χ0n) is 20.1. The molecular weight excluding hydrogens is 595 g/mol. The van der Waals surface area contributed by atoms with Crippen LogP contribution in [0.1, 0.15) is 31.8 Å². The second-order valence-electron chi connectivity index (χ2n) is 8.28. The van der Waals surface area contributed by atoms with Crippen molar-refractivity contribution in [3.8, 4) is 0 Å². The fourth-order valence-electron chi connectivity index (χ4n) is 3.72. The molecule has 1 atom stereocenters. The molecule has 5 nitrogen and oxygen atoms in total. The monoisotopic (exact) mass is 610 g/mol. The molecule has 3 rings (SSSR count). The maximum absolute atomic E-state index is 15.3. The topological polar surface area (TPSA) is 75.3 Å². The molecular formula is C26H16ClF9N2O3. The summed E-state index contributed by atoms with van der Waals surface area (Å²) in [5.41, 5.74) is -4.84. The van der Waals surface area contributed by atoms with E-state index >= 15 is 4.39 Å². The molecule has 2 amide bonds. The van der Waals surface area contributed by atoms with Crippen molar-refractivity contribution in [2.24, 2.45) is 0 Å². The molecule has 1 unspecified atom stereocenters. The van der Waals surface area contributed by atoms with Gasteiger partial charge < -0.3 is 10.6 Å². The lowest BCUT2D eigenvalue weighted by molar-refractivity contribution is -0.137. The van der Waals surface area contributed by atoms with Crippen molar-refractivity contribution < 1.29 is 53.9 Å². The summed E-state index contributed by atoms with van der Waals surface area (Å²) in [7, 11) is 0. The Bertz CT molecular complexity index is 1520. The first-order valence-corrected chi connectivity index (χ1v) is 11.6. The van der Waals surface area contributed by atoms with E-state index in [2.05, 4.69) is 0 Å². The zero-order valence-corrected chi connectivity index (χ0v) is 20.9. The first kappa shape index (κ1) is 31.5. The second-order valence-corrected chi connectivity index (χ2v) is 8.71. The molecule has 0 bridgehead atoms. The summed E-state index contributed by atoms with van der Waals surface area (Å²) in [6.07, 6.45) is -15.2. The lowest BCUT2D eigenvalue weighted by Gasteiger charge is -2.14. The molecule has 15 heteroatoms. The Hall–Kier alpha value is -4.07. The predicted octanol–water partition coefficient (Wildman–Crippen LogP) is 6.75. The summed E-state index contributed by atoms with van der Waals surface area (Å²) in [5.74, 6) is -6.00. The van der Waals surface area contributed by atoms with Gasteiger partial charge in [0.05, 0.1) is 17.7 Å². The summed E-state index contributed by atoms with van der Waals surface area (Å²) in [6, 6.07) is 8.37. The van der Waals surface area contributed by atoms with Gasteiger partial charge in [0.25, 0.3) is 18.8 Å². The van der Waals surface area contributed by atoms with Crippen LogP contribution in [0.25, 0.3) is 16.3 Å². The highest BCUT2D eigenvalue weighted by Gasteiger charge is 2.33. The molecule has 0 spiro atoms. The van der Waals surface area contributed by atoms with Gasteiger partial charge in [0, 0.05) is 16.1 Å². The number of carbonyl (C=O) groups is 3. The van der Waals surface area contributed by atoms with Gasteiger partial charge in [-0.05, 0) is 46.7 Å². The van der Waals surface area contributed by atoms with E-state index in [9.17, 15) is 49.5 Å². The Morgan fingerprint density at radius 1 is 0.854 bits per heavy atom. The number of benzene rings is 3. The molecule has 2 N–H and O–H groups in total. The number of fused-ring (bicyclic) bond motifs is 1. The standard InChI is InChI=1S/C26H16ClF9N2O3/c27-13-8-11(7-12(9-13)26(34,35)36)19(22(29)30)20(28)21(40)16-5-6-17(15-4-2-1-3-14(15)16)25(41)37-10-18(39)38-24(33)23(31)32/h1-9,22-24H,10H2,(H,37,41)(H,38,39). The molecule has 0 aliphatic rings. The lowest BCUT2D eigenvalue weighted by atomic mass is 9.94. The van der Waals surface area contributed by atoms with Gasteiger partial charge >= 0.3 is 6.18 Å². The molecule has 3 aromatic rings. The number of ketones is 1. The van der Waals surface area contributed by atoms with Crippen LogP contribution in [0, 0.1) is 0 Å². The van der Waals surface area contributed by atoms with Crippen molar-refractivity contribution in [2.75, 3.05) is 6.54 Å². The van der Waals surface area contributed by atoms with Crippen LogP contribution >= 0.6 is 11.6 Å². The Kier molecular flexibility index (Phi) is 9.69. The summed E-state index contributed by atoms with van der Waals surface area (Å²) in [4.78, 5) is 37.2. The normalized spacial score (nSPS) is 13.3. The van der Waals surface area contributed by atoms with Gasteiger partial charge in [0.1, 0.15) is 0 Å². The summed E-state index contributed by atoms with van der Waals surface area (Å²) in [6.45, 7) is -0.921. The van der Waals surface area contributed by atoms with E-state index in [-0.39, 0.29) is 22.4 Å². The number of allylic oxidation sites excluding steroid dienone is 2. The van der Waals surface area contributed by atoms with Crippen molar-refractivity contribution in [2.45, 2.75) is 25.3 Å². The third-order valence-electron chi connectivity index (χ3n) is 5.53. The summed E-state index contributed by atoms with van der Waals surface area (Å²) >= 11 is 5.63. The fraction of sp³-hybridized carbons (Fsp3) is 0.192. The van der Waals surface area contributed by atoms with Crippen LogP contribution in [0.5, 0.6) is 0 Å². The molecule has 0 heterocycles. The average Bonchev–Trinajstić information content (AvgIpc) is 2.89. The van der Waals surface area contributed by atoms with Gasteiger partial charge in [0.15, 0.2) is 5.83 Å². The minimum atomic E-state index is -5.02. The van der Waals surface area contributed by atoms with Gasteiger partial charge in [-0.15, -0.1) is 0 Å². The van der Waals surface area contributed by atoms with Crippen LogP contribution in [0.4, 0.5) is 39.5 Å². The second kappa shape index (κ2) is 12.6. The molecule has 0 aliphatic heterocycles. The van der Waals surface area contributed by atoms with Crippen LogP contribution in [-0.4, -0.2) is 43.3 Å². The quantitative estimate of drug-likeness (QED) is 0.122. The largest absolute Gasteiger partial charge is 0.416 e. The molecule has 41 heavy (non-hydrogen) atoms. The zero-order chi connectivity index (χ0) is 30.6. The smallest absolute Gasteiger partial charge is 0.343 e. The number of nitrogens with one attached hydrogen (secondary N) is 2. The Morgan fingerprint density at radius 3 is 2.00 bits per heavy atom. The third-order valence-corrected chi connectivity index (χ3v) is 5.75. The number of amides is 2. The number of Topliss-reactive ketones (excluding diaryl/α,β-unsaturated/α-hetero) is 1. The van der Waals surface area contributed by atoms with E-state index in [1.165, 1.54) is 29.6 Å². The Labute approximate surface area is 230 Å². The van der Waals surface area contributed by atoms with Crippen LogP contribution in [-0.2, 0) is 11.0 Å². The van der Waals surface area contributed by atoms with Crippen molar-refractivity contribution in [3.63, 3.8) is 0 Å². The fourth-order valence-corrected chi connectivity index (χ4v) is 3.95. The summed E-state index contributed by atoms with van der Waals surface area (Å²) in [5, 5.41) is 2.55. The van der Waals surface area contributed by atoms with Gasteiger partial charge in [-0.2, -0.15) is 13.2 Å². The summed E-state index contributed by atoms with van der Waals surface area (Å²) < 4.78 is 120. The highest BCUT2D eigenvalue weighted by molar-refractivity contribution is 6.31. The Balaban J connectivity index is 2.01. The van der Waals surface area contributed by atoms with Gasteiger partial charge in [-0.1, -0.05) is 35.9 Å². The minimum absolute atomic E-state index is 0.0410. The maximum atomic E-state index is 15.3. The van der Waals surface area contributed by atoms with E-state index in [0.717, 1.165) is 12.1 Å². The number of hydrogen-bond acceptors (Lipinski definition) is 3. The van der Waals surface area contributed by atoms with Crippen molar-refractivity contribution in [3.05, 3.63) is 87.7 Å². The average molecular weight is 611 g/mol. The molecule has 218 valence electrons. The maximum Gasteiger partial charge on any atom is 0.416 e. The Morgan fingerprint density at radius 2 is 1.44 bits per heavy atom. The first-order chi connectivity index (χ1) is 19.1. The number of rotatable bonds is 9. The van der Waals surface area contributed by atoms with E-state index in [1.54, 1.807) is 0 Å². The van der Waals surface area contributed by atoms with Gasteiger partial charge in [-0.25, -0.2) is 26.3 Å². The molecule has 0 aromatic heterocycles. The number of hydrogen-bond donors (Lipinski definition) is 2. The van der Waals surface area contributed by atoms with Crippen molar-refractivity contribution in [1.29, 1.82) is 0 Å². The third kappa shape index (κ3) is 7.37. The molecule has 0 aliphatic carbocycles. The van der Waals surface area contributed by atoms with Crippen LogP contribution in [0.15, 0.2) is 60.4 Å². The minimum Gasteiger partial charge on any atom is -0.343 e. The molecule has 0 saturated carbocycles. The number of halogens is 10. The number of alkyl halides is 8. The predicted molar refractivity (Wildman–Crippen MR) is 130 cm³/mol. The van der Waals surface area contributed by atoms with Crippen LogP contribution in [0.3, 0.4) is 0 Å². The van der Waals surface area contributed by atoms with Gasteiger partial charge in [0.2, 0.25) is 18.0 Å². The lowest BCUT2D eigenvalue weighted by Crippen LogP contribution is -2.43.